The van der Waals surface area contributed by atoms with E-state index in [9.17, 15) is 4.79 Å². The van der Waals surface area contributed by atoms with Crippen LogP contribution in [0.25, 0.3) is 11.0 Å². The summed E-state index contributed by atoms with van der Waals surface area (Å²) in [5.41, 5.74) is 2.98. The van der Waals surface area contributed by atoms with E-state index in [1.54, 1.807) is 0 Å². The second kappa shape index (κ2) is 3.57. The fraction of sp³-hybridized carbons (Fsp3) is 0.429. The Morgan fingerprint density at radius 3 is 2.83 bits per heavy atom. The lowest BCUT2D eigenvalue weighted by Gasteiger charge is -2.13. The normalized spacial score (nSPS) is 17.0. The summed E-state index contributed by atoms with van der Waals surface area (Å²) in [6, 6.07) is 6.07. The van der Waals surface area contributed by atoms with Gasteiger partial charge in [0.05, 0.1) is 17.5 Å². The molecule has 1 heterocycles. The maximum absolute atomic E-state index is 11.0. The molecule has 0 amide bonds. The molecule has 0 spiro atoms. The molecule has 4 nitrogen and oxygen atoms in total. The van der Waals surface area contributed by atoms with Crippen LogP contribution in [0.3, 0.4) is 0 Å². The van der Waals surface area contributed by atoms with Crippen molar-refractivity contribution in [2.45, 2.75) is 31.6 Å². The Morgan fingerprint density at radius 2 is 2.22 bits per heavy atom. The maximum Gasteiger partial charge on any atom is 0.304 e. The van der Waals surface area contributed by atoms with Crippen LogP contribution in [0.2, 0.25) is 0 Å². The summed E-state index contributed by atoms with van der Waals surface area (Å²) in [5, 5.41) is 9.06. The molecule has 1 aromatic carbocycles. The summed E-state index contributed by atoms with van der Waals surface area (Å²) in [6.07, 6.45) is 2.11. The SMILES string of the molecule is Cc1nc2c(C3(CC(=O)O)CC3)cccc2n1C. The first-order valence-corrected chi connectivity index (χ1v) is 6.18. The van der Waals surface area contributed by atoms with Gasteiger partial charge in [0, 0.05) is 12.5 Å². The van der Waals surface area contributed by atoms with Gasteiger partial charge < -0.3 is 9.67 Å². The van der Waals surface area contributed by atoms with Gasteiger partial charge >= 0.3 is 5.97 Å². The molecule has 0 atom stereocenters. The zero-order chi connectivity index (χ0) is 12.9. The number of carbonyl (C=O) groups is 1. The van der Waals surface area contributed by atoms with Crippen molar-refractivity contribution in [1.29, 1.82) is 0 Å². The number of fused-ring (bicyclic) bond motifs is 1. The number of rotatable bonds is 3. The van der Waals surface area contributed by atoms with Crippen molar-refractivity contribution in [3.8, 4) is 0 Å². The van der Waals surface area contributed by atoms with Crippen LogP contribution in [-0.4, -0.2) is 20.6 Å². The predicted octanol–water partition coefficient (Wildman–Crippen LogP) is 2.39. The molecule has 0 saturated heterocycles. The Hall–Kier alpha value is -1.84. The van der Waals surface area contributed by atoms with Crippen LogP contribution in [-0.2, 0) is 17.3 Å². The minimum atomic E-state index is -0.725. The average molecular weight is 244 g/mol. The van der Waals surface area contributed by atoms with Crippen LogP contribution in [0.5, 0.6) is 0 Å². The highest BCUT2D eigenvalue weighted by atomic mass is 16.4. The average Bonchev–Trinajstić information content (AvgIpc) is 3.01. The van der Waals surface area contributed by atoms with Crippen molar-refractivity contribution < 1.29 is 9.90 Å². The number of benzene rings is 1. The predicted molar refractivity (Wildman–Crippen MR) is 68.6 cm³/mol. The minimum absolute atomic E-state index is 0.174. The van der Waals surface area contributed by atoms with Gasteiger partial charge in [0.25, 0.3) is 0 Å². The van der Waals surface area contributed by atoms with Crippen LogP contribution in [0.4, 0.5) is 0 Å². The lowest BCUT2D eigenvalue weighted by Crippen LogP contribution is -2.13. The molecular weight excluding hydrogens is 228 g/mol. The van der Waals surface area contributed by atoms with Gasteiger partial charge in [-0.15, -0.1) is 0 Å². The van der Waals surface area contributed by atoms with E-state index < -0.39 is 5.97 Å². The number of aromatic nitrogens is 2. The molecule has 1 saturated carbocycles. The fourth-order valence-electron chi connectivity index (χ4n) is 2.74. The Morgan fingerprint density at radius 1 is 1.50 bits per heavy atom. The van der Waals surface area contributed by atoms with Gasteiger partial charge in [0.2, 0.25) is 0 Å². The van der Waals surface area contributed by atoms with Crippen molar-refractivity contribution in [1.82, 2.24) is 9.55 Å². The molecule has 0 aliphatic heterocycles. The van der Waals surface area contributed by atoms with E-state index in [0.29, 0.717) is 0 Å². The molecule has 1 aliphatic rings. The van der Waals surface area contributed by atoms with Gasteiger partial charge in [0.1, 0.15) is 5.82 Å². The van der Waals surface area contributed by atoms with Crippen molar-refractivity contribution in [2.24, 2.45) is 7.05 Å². The Bertz CT molecular complexity index is 639. The molecular formula is C14H16N2O2. The number of aliphatic carboxylic acids is 1. The molecule has 0 bridgehead atoms. The molecule has 1 aromatic heterocycles. The van der Waals surface area contributed by atoms with E-state index in [4.69, 9.17) is 5.11 Å². The molecule has 1 aliphatic carbocycles. The molecule has 4 heteroatoms. The highest BCUT2D eigenvalue weighted by molar-refractivity contribution is 5.83. The molecule has 3 rings (SSSR count). The van der Waals surface area contributed by atoms with Crippen LogP contribution in [0.15, 0.2) is 18.2 Å². The molecule has 18 heavy (non-hydrogen) atoms. The number of hydrogen-bond donors (Lipinski definition) is 1. The maximum atomic E-state index is 11.0. The van der Waals surface area contributed by atoms with Crippen LogP contribution < -0.4 is 0 Å². The quantitative estimate of drug-likeness (QED) is 0.902. The number of hydrogen-bond acceptors (Lipinski definition) is 2. The summed E-state index contributed by atoms with van der Waals surface area (Å²) >= 11 is 0. The van der Waals surface area contributed by atoms with Gasteiger partial charge in [-0.05, 0) is 31.4 Å². The largest absolute Gasteiger partial charge is 0.481 e. The smallest absolute Gasteiger partial charge is 0.304 e. The van der Waals surface area contributed by atoms with E-state index in [-0.39, 0.29) is 11.8 Å². The summed E-state index contributed by atoms with van der Waals surface area (Å²) in [4.78, 5) is 15.6. The van der Waals surface area contributed by atoms with E-state index in [1.165, 1.54) is 0 Å². The Labute approximate surface area is 105 Å². The van der Waals surface area contributed by atoms with Gasteiger partial charge in [-0.1, -0.05) is 12.1 Å². The van der Waals surface area contributed by atoms with Crippen molar-refractivity contribution >= 4 is 17.0 Å². The second-order valence-electron chi connectivity index (χ2n) is 5.24. The van der Waals surface area contributed by atoms with Gasteiger partial charge in [-0.2, -0.15) is 0 Å². The number of imidazole rings is 1. The zero-order valence-electron chi connectivity index (χ0n) is 10.6. The Balaban J connectivity index is 2.18. The number of carboxylic acids is 1. The zero-order valence-corrected chi connectivity index (χ0v) is 10.6. The van der Waals surface area contributed by atoms with Gasteiger partial charge in [-0.3, -0.25) is 4.79 Å². The summed E-state index contributed by atoms with van der Waals surface area (Å²) in [5.74, 6) is 0.237. The highest BCUT2D eigenvalue weighted by Crippen LogP contribution is 2.52. The third-order valence-electron chi connectivity index (χ3n) is 4.05. The van der Waals surface area contributed by atoms with E-state index in [1.807, 2.05) is 32.2 Å². The summed E-state index contributed by atoms with van der Waals surface area (Å²) < 4.78 is 2.05. The summed E-state index contributed by atoms with van der Waals surface area (Å²) in [7, 11) is 1.99. The number of nitrogens with zero attached hydrogens (tertiary/aromatic N) is 2. The molecule has 1 N–H and O–H groups in total. The first-order valence-electron chi connectivity index (χ1n) is 6.18. The monoisotopic (exact) mass is 244 g/mol. The van der Waals surface area contributed by atoms with Crippen LogP contribution in [0.1, 0.15) is 30.7 Å². The van der Waals surface area contributed by atoms with Crippen molar-refractivity contribution in [3.63, 3.8) is 0 Å². The minimum Gasteiger partial charge on any atom is -0.481 e. The molecule has 2 aromatic rings. The molecule has 0 unspecified atom stereocenters. The number of carboxylic acid groups (broad SMARTS) is 1. The lowest BCUT2D eigenvalue weighted by atomic mass is 9.91. The van der Waals surface area contributed by atoms with Crippen molar-refractivity contribution in [2.75, 3.05) is 0 Å². The third kappa shape index (κ3) is 1.52. The van der Waals surface area contributed by atoms with E-state index >= 15 is 0 Å². The van der Waals surface area contributed by atoms with Crippen LogP contribution >= 0.6 is 0 Å². The molecule has 94 valence electrons. The molecule has 1 fully saturated rings. The van der Waals surface area contributed by atoms with Gasteiger partial charge in [0.15, 0.2) is 0 Å². The topological polar surface area (TPSA) is 55.1 Å². The van der Waals surface area contributed by atoms with E-state index in [0.717, 1.165) is 35.3 Å². The van der Waals surface area contributed by atoms with Crippen LogP contribution in [0, 0.1) is 6.92 Å². The standard InChI is InChI=1S/C14H16N2O2/c1-9-15-13-10(4-3-5-11(13)16(9)2)14(6-7-14)8-12(17)18/h3-5H,6-8H2,1-2H3,(H,17,18). The van der Waals surface area contributed by atoms with Gasteiger partial charge in [-0.25, -0.2) is 4.98 Å². The van der Waals surface area contributed by atoms with E-state index in [2.05, 4.69) is 9.55 Å². The van der Waals surface area contributed by atoms with Crippen molar-refractivity contribution in [3.05, 3.63) is 29.6 Å². The first-order chi connectivity index (χ1) is 8.53. The first kappa shape index (κ1) is 11.3. The Kier molecular flexibility index (Phi) is 2.24. The lowest BCUT2D eigenvalue weighted by molar-refractivity contribution is -0.137. The highest BCUT2D eigenvalue weighted by Gasteiger charge is 2.47. The second-order valence-corrected chi connectivity index (χ2v) is 5.24. The summed E-state index contributed by atoms with van der Waals surface area (Å²) in [6.45, 7) is 1.97. The number of aryl methyl sites for hydroxylation is 2. The molecule has 0 radical (unpaired) electrons. The number of para-hydroxylation sites is 1. The fourth-order valence-corrected chi connectivity index (χ4v) is 2.74. The third-order valence-corrected chi connectivity index (χ3v) is 4.05.